The smallest absolute Gasteiger partial charge is 0.244 e. The number of halogens is 1. The van der Waals surface area contributed by atoms with E-state index in [1.54, 1.807) is 11.0 Å². The third-order valence-electron chi connectivity index (χ3n) is 4.54. The first-order valence-corrected chi connectivity index (χ1v) is 8.98. The minimum absolute atomic E-state index is 0.00664. The molecule has 3 rings (SSSR count). The van der Waals surface area contributed by atoms with Crippen LogP contribution >= 0.6 is 11.6 Å². The summed E-state index contributed by atoms with van der Waals surface area (Å²) >= 11 is 6.14. The molecule has 0 aliphatic carbocycles. The molecule has 0 atom stereocenters. The lowest BCUT2D eigenvalue weighted by molar-refractivity contribution is -0.132. The van der Waals surface area contributed by atoms with Crippen LogP contribution in [0.5, 0.6) is 0 Å². The van der Waals surface area contributed by atoms with Crippen molar-refractivity contribution in [1.29, 1.82) is 0 Å². The van der Waals surface area contributed by atoms with Gasteiger partial charge in [-0.2, -0.15) is 0 Å². The third kappa shape index (κ3) is 4.33. The largest absolute Gasteiger partial charge is 0.343 e. The van der Waals surface area contributed by atoms with Gasteiger partial charge in [0.15, 0.2) is 0 Å². The van der Waals surface area contributed by atoms with Crippen LogP contribution in [0.1, 0.15) is 23.6 Å². The SMILES string of the molecule is C/C(=C/C(=O)NCC(=O)N1CCc2ccccc2C1)c1ccccc1Cl. The summed E-state index contributed by atoms with van der Waals surface area (Å²) in [5.74, 6) is -0.371. The van der Waals surface area contributed by atoms with Crippen LogP contribution < -0.4 is 5.32 Å². The van der Waals surface area contributed by atoms with E-state index in [2.05, 4.69) is 11.4 Å². The molecule has 0 radical (unpaired) electrons. The van der Waals surface area contributed by atoms with Crippen molar-refractivity contribution in [3.63, 3.8) is 0 Å². The number of hydrogen-bond acceptors (Lipinski definition) is 2. The molecule has 0 saturated heterocycles. The van der Waals surface area contributed by atoms with Gasteiger partial charge in [-0.3, -0.25) is 9.59 Å². The van der Waals surface area contributed by atoms with Crippen LogP contribution in [0.2, 0.25) is 5.02 Å². The topological polar surface area (TPSA) is 49.4 Å². The van der Waals surface area contributed by atoms with E-state index in [-0.39, 0.29) is 18.4 Å². The summed E-state index contributed by atoms with van der Waals surface area (Å²) in [5, 5.41) is 3.27. The van der Waals surface area contributed by atoms with E-state index in [1.807, 2.05) is 43.3 Å². The van der Waals surface area contributed by atoms with Crippen LogP contribution in [0.4, 0.5) is 0 Å². The van der Waals surface area contributed by atoms with Gasteiger partial charge in [0.25, 0.3) is 0 Å². The van der Waals surface area contributed by atoms with E-state index in [4.69, 9.17) is 11.6 Å². The number of amides is 2. The summed E-state index contributed by atoms with van der Waals surface area (Å²) in [6.45, 7) is 3.09. The molecule has 1 aliphatic rings. The molecule has 5 heteroatoms. The molecule has 0 spiro atoms. The van der Waals surface area contributed by atoms with E-state index in [9.17, 15) is 9.59 Å². The Morgan fingerprint density at radius 1 is 1.12 bits per heavy atom. The quantitative estimate of drug-likeness (QED) is 0.840. The molecule has 134 valence electrons. The highest BCUT2D eigenvalue weighted by molar-refractivity contribution is 6.32. The van der Waals surface area contributed by atoms with Crippen molar-refractivity contribution < 1.29 is 9.59 Å². The maximum atomic E-state index is 12.4. The number of nitrogens with zero attached hydrogens (tertiary/aromatic N) is 1. The van der Waals surface area contributed by atoms with Crippen molar-refractivity contribution in [2.24, 2.45) is 0 Å². The molecule has 0 unspecified atom stereocenters. The van der Waals surface area contributed by atoms with Crippen LogP contribution in [0.3, 0.4) is 0 Å². The average molecular weight is 369 g/mol. The lowest BCUT2D eigenvalue weighted by Crippen LogP contribution is -2.42. The van der Waals surface area contributed by atoms with Crippen LogP contribution in [0.25, 0.3) is 5.57 Å². The van der Waals surface area contributed by atoms with E-state index in [1.165, 1.54) is 17.2 Å². The molecule has 0 fully saturated rings. The number of rotatable bonds is 4. The number of carbonyl (C=O) groups is 2. The van der Waals surface area contributed by atoms with Crippen molar-refractivity contribution in [1.82, 2.24) is 10.2 Å². The van der Waals surface area contributed by atoms with Crippen molar-refractivity contribution in [2.45, 2.75) is 19.9 Å². The first-order valence-electron chi connectivity index (χ1n) is 8.60. The summed E-state index contributed by atoms with van der Waals surface area (Å²) in [6.07, 6.45) is 2.32. The number of carbonyl (C=O) groups excluding carboxylic acids is 2. The van der Waals surface area contributed by atoms with Crippen molar-refractivity contribution in [3.05, 3.63) is 76.3 Å². The fourth-order valence-corrected chi connectivity index (χ4v) is 3.37. The number of nitrogens with one attached hydrogen (secondary N) is 1. The lowest BCUT2D eigenvalue weighted by Gasteiger charge is -2.28. The second-order valence-electron chi connectivity index (χ2n) is 6.36. The predicted molar refractivity (Wildman–Crippen MR) is 104 cm³/mol. The predicted octanol–water partition coefficient (Wildman–Crippen LogP) is 3.44. The Morgan fingerprint density at radius 2 is 1.81 bits per heavy atom. The molecule has 2 aromatic rings. The van der Waals surface area contributed by atoms with Gasteiger partial charge in [0.05, 0.1) is 6.54 Å². The fourth-order valence-electron chi connectivity index (χ4n) is 3.09. The second-order valence-corrected chi connectivity index (χ2v) is 6.77. The summed E-state index contributed by atoms with van der Waals surface area (Å²) in [4.78, 5) is 26.3. The van der Waals surface area contributed by atoms with Gasteiger partial charge in [-0.15, -0.1) is 0 Å². The Bertz CT molecular complexity index is 861. The average Bonchev–Trinajstić information content (AvgIpc) is 2.66. The molecule has 1 heterocycles. The molecule has 0 aromatic heterocycles. The maximum absolute atomic E-state index is 12.4. The Morgan fingerprint density at radius 3 is 2.58 bits per heavy atom. The third-order valence-corrected chi connectivity index (χ3v) is 4.87. The van der Waals surface area contributed by atoms with Crippen LogP contribution in [-0.2, 0) is 22.6 Å². The van der Waals surface area contributed by atoms with Gasteiger partial charge in [0.2, 0.25) is 11.8 Å². The Kier molecular flexibility index (Phi) is 5.74. The molecule has 2 aromatic carbocycles. The molecule has 2 amide bonds. The highest BCUT2D eigenvalue weighted by atomic mass is 35.5. The van der Waals surface area contributed by atoms with E-state index < -0.39 is 0 Å². The zero-order valence-electron chi connectivity index (χ0n) is 14.7. The zero-order valence-corrected chi connectivity index (χ0v) is 15.4. The van der Waals surface area contributed by atoms with Gasteiger partial charge in [0, 0.05) is 24.2 Å². The number of fused-ring (bicyclic) bond motifs is 1. The number of benzene rings is 2. The van der Waals surface area contributed by atoms with Gasteiger partial charge in [0.1, 0.15) is 0 Å². The van der Waals surface area contributed by atoms with Crippen LogP contribution in [-0.4, -0.2) is 29.8 Å². The number of hydrogen-bond donors (Lipinski definition) is 1. The van der Waals surface area contributed by atoms with Gasteiger partial charge in [-0.05, 0) is 41.7 Å². The molecular formula is C21H21ClN2O2. The van der Waals surface area contributed by atoms with Crippen LogP contribution in [0.15, 0.2) is 54.6 Å². The van der Waals surface area contributed by atoms with Gasteiger partial charge in [-0.25, -0.2) is 0 Å². The van der Waals surface area contributed by atoms with Gasteiger partial charge in [-0.1, -0.05) is 54.1 Å². The minimum Gasteiger partial charge on any atom is -0.343 e. The molecule has 26 heavy (non-hydrogen) atoms. The van der Waals surface area contributed by atoms with E-state index >= 15 is 0 Å². The van der Waals surface area contributed by atoms with Crippen molar-refractivity contribution in [2.75, 3.05) is 13.1 Å². The Hall–Kier alpha value is -2.59. The minimum atomic E-state index is -0.298. The summed E-state index contributed by atoms with van der Waals surface area (Å²) in [6, 6.07) is 15.5. The highest BCUT2D eigenvalue weighted by Gasteiger charge is 2.20. The monoisotopic (exact) mass is 368 g/mol. The van der Waals surface area contributed by atoms with Crippen molar-refractivity contribution >= 4 is 29.0 Å². The molecule has 0 saturated carbocycles. The Balaban J connectivity index is 1.56. The molecule has 1 aliphatic heterocycles. The van der Waals surface area contributed by atoms with E-state index in [0.717, 1.165) is 17.6 Å². The summed E-state index contributed by atoms with van der Waals surface area (Å²) < 4.78 is 0. The molecule has 4 nitrogen and oxygen atoms in total. The normalized spacial score (nSPS) is 13.9. The molecular weight excluding hydrogens is 348 g/mol. The standard InChI is InChI=1S/C21H21ClN2O2/c1-15(18-8-4-5-9-19(18)22)12-20(25)23-13-21(26)24-11-10-16-6-2-3-7-17(16)14-24/h2-9,12H,10-11,13-14H2,1H3,(H,23,25)/b15-12-. The second kappa shape index (κ2) is 8.19. The first-order chi connectivity index (χ1) is 12.5. The zero-order chi connectivity index (χ0) is 18.5. The highest BCUT2D eigenvalue weighted by Crippen LogP contribution is 2.22. The molecule has 1 N–H and O–H groups in total. The van der Waals surface area contributed by atoms with Gasteiger partial charge < -0.3 is 10.2 Å². The summed E-state index contributed by atoms with van der Waals surface area (Å²) in [7, 11) is 0. The van der Waals surface area contributed by atoms with Crippen LogP contribution in [0, 0.1) is 0 Å². The maximum Gasteiger partial charge on any atom is 0.244 e. The Labute approximate surface area is 158 Å². The van der Waals surface area contributed by atoms with Crippen molar-refractivity contribution in [3.8, 4) is 0 Å². The number of allylic oxidation sites excluding steroid dienone is 1. The van der Waals surface area contributed by atoms with Gasteiger partial charge >= 0.3 is 0 Å². The fraction of sp³-hybridized carbons (Fsp3) is 0.238. The van der Waals surface area contributed by atoms with E-state index in [0.29, 0.717) is 18.1 Å². The first kappa shape index (κ1) is 18.2. The molecule has 0 bridgehead atoms. The lowest BCUT2D eigenvalue weighted by atomic mass is 10.00. The summed E-state index contributed by atoms with van der Waals surface area (Å²) in [5.41, 5.74) is 4.03.